The molecule has 0 spiro atoms. The molecule has 0 saturated heterocycles. The average molecular weight is 1100 g/mol. The Labute approximate surface area is 489 Å². The molecule has 0 fully saturated rings. The number of esters is 3. The van der Waals surface area contributed by atoms with Crippen LogP contribution >= 0.6 is 0 Å². The third kappa shape index (κ3) is 64.8. The smallest absolute Gasteiger partial charge is 0.306 e. The minimum atomic E-state index is -0.790. The van der Waals surface area contributed by atoms with Crippen LogP contribution in [0.4, 0.5) is 0 Å². The zero-order chi connectivity index (χ0) is 57.1. The van der Waals surface area contributed by atoms with Gasteiger partial charge in [-0.25, -0.2) is 0 Å². The number of ether oxygens (including phenoxy) is 3. The molecule has 0 aromatic rings. The van der Waals surface area contributed by atoms with Gasteiger partial charge in [-0.15, -0.1) is 0 Å². The maximum atomic E-state index is 12.9. The molecule has 1 atom stereocenters. The van der Waals surface area contributed by atoms with Gasteiger partial charge in [0.25, 0.3) is 0 Å². The van der Waals surface area contributed by atoms with Crippen molar-refractivity contribution in [3.8, 4) is 0 Å². The van der Waals surface area contributed by atoms with Crippen LogP contribution < -0.4 is 0 Å². The fourth-order valence-corrected chi connectivity index (χ4v) is 9.35. The van der Waals surface area contributed by atoms with Gasteiger partial charge < -0.3 is 14.2 Å². The lowest BCUT2D eigenvalue weighted by atomic mass is 10.0. The second kappa shape index (κ2) is 66.6. The first-order valence-electron chi connectivity index (χ1n) is 33.4. The van der Waals surface area contributed by atoms with Crippen molar-refractivity contribution in [2.75, 3.05) is 13.2 Å². The minimum Gasteiger partial charge on any atom is -0.462 e. The molecule has 0 saturated carbocycles. The van der Waals surface area contributed by atoms with Crippen LogP contribution in [0.2, 0.25) is 0 Å². The molecule has 0 rings (SSSR count). The van der Waals surface area contributed by atoms with Crippen molar-refractivity contribution in [3.05, 3.63) is 109 Å². The number of carbonyl (C=O) groups is 3. The number of rotatable bonds is 60. The second-order valence-corrected chi connectivity index (χ2v) is 22.0. The van der Waals surface area contributed by atoms with Crippen LogP contribution in [0.25, 0.3) is 0 Å². The van der Waals surface area contributed by atoms with Gasteiger partial charge in [0.15, 0.2) is 6.10 Å². The standard InChI is InChI=1S/C73H124O6/c1-4-7-10-13-16-19-22-25-27-29-30-31-32-33-34-35-36-37-38-39-40-41-42-44-45-48-51-54-57-60-63-66-72(75)78-69-70(68-77-71(74)65-62-59-56-53-50-47-24-21-18-15-12-9-6-3)79-73(76)67-64-61-58-55-52-49-46-43-28-26-23-20-17-14-11-8-5-2/h7,9-10,12,16,18-19,21,25,27,30-31,33-34,36-37,47,50,70H,4-6,8,11,13-15,17,20,22-24,26,28-29,32,35,38-46,48-49,51-69H2,1-3H3/b10-7-,12-9-,19-16-,21-18-,27-25-,31-30-,34-33-,37-36-,50-47-. The number of hydrogen-bond acceptors (Lipinski definition) is 6. The van der Waals surface area contributed by atoms with E-state index in [0.29, 0.717) is 19.3 Å². The van der Waals surface area contributed by atoms with Gasteiger partial charge in [-0.3, -0.25) is 14.4 Å². The van der Waals surface area contributed by atoms with E-state index in [1.807, 2.05) is 0 Å². The summed E-state index contributed by atoms with van der Waals surface area (Å²) < 4.78 is 16.9. The van der Waals surface area contributed by atoms with Gasteiger partial charge >= 0.3 is 17.9 Å². The largest absolute Gasteiger partial charge is 0.462 e. The zero-order valence-corrected chi connectivity index (χ0v) is 51.9. The van der Waals surface area contributed by atoms with Gasteiger partial charge in [0.2, 0.25) is 0 Å². The molecule has 6 nitrogen and oxygen atoms in total. The summed E-state index contributed by atoms with van der Waals surface area (Å²) in [5.41, 5.74) is 0. The molecule has 0 radical (unpaired) electrons. The van der Waals surface area contributed by atoms with Crippen LogP contribution in [0.1, 0.15) is 316 Å². The van der Waals surface area contributed by atoms with E-state index in [2.05, 4.69) is 130 Å². The van der Waals surface area contributed by atoms with E-state index >= 15 is 0 Å². The van der Waals surface area contributed by atoms with Crippen molar-refractivity contribution >= 4 is 17.9 Å². The lowest BCUT2D eigenvalue weighted by Gasteiger charge is -2.18. The monoisotopic (exact) mass is 1100 g/mol. The molecule has 0 bridgehead atoms. The fraction of sp³-hybridized carbons (Fsp3) is 0.712. The van der Waals surface area contributed by atoms with Crippen LogP contribution in [0.5, 0.6) is 0 Å². The Morgan fingerprint density at radius 3 is 0.785 bits per heavy atom. The lowest BCUT2D eigenvalue weighted by Crippen LogP contribution is -2.30. The molecular formula is C73H124O6. The third-order valence-corrected chi connectivity index (χ3v) is 14.3. The van der Waals surface area contributed by atoms with Crippen LogP contribution in [-0.2, 0) is 28.6 Å². The highest BCUT2D eigenvalue weighted by Crippen LogP contribution is 2.17. The molecule has 0 aliphatic heterocycles. The van der Waals surface area contributed by atoms with Gasteiger partial charge in [0.05, 0.1) is 0 Å². The van der Waals surface area contributed by atoms with Crippen molar-refractivity contribution in [1.29, 1.82) is 0 Å². The molecule has 0 heterocycles. The molecule has 0 aromatic carbocycles. The number of allylic oxidation sites excluding steroid dienone is 18. The molecule has 0 aliphatic rings. The maximum absolute atomic E-state index is 12.9. The fourth-order valence-electron chi connectivity index (χ4n) is 9.35. The van der Waals surface area contributed by atoms with Gasteiger partial charge in [-0.05, 0) is 103 Å². The first-order valence-corrected chi connectivity index (χ1v) is 33.4. The highest BCUT2D eigenvalue weighted by atomic mass is 16.6. The molecule has 452 valence electrons. The van der Waals surface area contributed by atoms with Crippen LogP contribution in [-0.4, -0.2) is 37.2 Å². The third-order valence-electron chi connectivity index (χ3n) is 14.3. The summed E-state index contributed by atoms with van der Waals surface area (Å²) in [6.45, 7) is 6.42. The van der Waals surface area contributed by atoms with Crippen LogP contribution in [0.15, 0.2) is 109 Å². The van der Waals surface area contributed by atoms with E-state index in [9.17, 15) is 14.4 Å². The highest BCUT2D eigenvalue weighted by Gasteiger charge is 2.19. The Morgan fingerprint density at radius 2 is 0.494 bits per heavy atom. The van der Waals surface area contributed by atoms with E-state index in [1.165, 1.54) is 154 Å². The topological polar surface area (TPSA) is 78.9 Å². The Hall–Kier alpha value is -3.93. The second-order valence-electron chi connectivity index (χ2n) is 22.0. The quantitative estimate of drug-likeness (QED) is 0.0261. The van der Waals surface area contributed by atoms with Gasteiger partial charge in [-0.2, -0.15) is 0 Å². The molecule has 0 aromatic heterocycles. The van der Waals surface area contributed by atoms with Crippen LogP contribution in [0.3, 0.4) is 0 Å². The summed E-state index contributed by atoms with van der Waals surface area (Å²) >= 11 is 0. The van der Waals surface area contributed by atoms with Gasteiger partial charge in [0, 0.05) is 19.3 Å². The van der Waals surface area contributed by atoms with E-state index < -0.39 is 6.10 Å². The molecule has 6 heteroatoms. The lowest BCUT2D eigenvalue weighted by molar-refractivity contribution is -0.167. The van der Waals surface area contributed by atoms with E-state index in [-0.39, 0.29) is 31.1 Å². The maximum Gasteiger partial charge on any atom is 0.306 e. The van der Waals surface area contributed by atoms with Crippen LogP contribution in [0, 0.1) is 0 Å². The Balaban J connectivity index is 4.25. The summed E-state index contributed by atoms with van der Waals surface area (Å²) in [5.74, 6) is -0.906. The van der Waals surface area contributed by atoms with Crippen molar-refractivity contribution < 1.29 is 28.6 Å². The number of hydrogen-bond donors (Lipinski definition) is 0. The Kier molecular flexibility index (Phi) is 63.3. The summed E-state index contributed by atoms with van der Waals surface area (Å²) in [4.78, 5) is 38.3. The van der Waals surface area contributed by atoms with Gasteiger partial charge in [-0.1, -0.05) is 304 Å². The van der Waals surface area contributed by atoms with E-state index in [4.69, 9.17) is 14.2 Å². The predicted octanol–water partition coefficient (Wildman–Crippen LogP) is 23.0. The van der Waals surface area contributed by atoms with Crippen molar-refractivity contribution in [3.63, 3.8) is 0 Å². The average Bonchev–Trinajstić information content (AvgIpc) is 3.45. The SMILES string of the molecule is CC/C=C\C/C=C\C/C=C\C/C=C\C/C=C\C/C=C\CCCCCCCCCCCCCCC(=O)OCC(COC(=O)CCCCC/C=C\C/C=C\C/C=C\CC)OC(=O)CCCCCCCCCCCCCCCCCCC. The molecule has 1 unspecified atom stereocenters. The normalized spacial score (nSPS) is 12.8. The first-order chi connectivity index (χ1) is 39.0. The predicted molar refractivity (Wildman–Crippen MR) is 343 cm³/mol. The van der Waals surface area contributed by atoms with E-state index in [0.717, 1.165) is 122 Å². The first kappa shape index (κ1) is 75.1. The Bertz CT molecular complexity index is 1590. The summed E-state index contributed by atoms with van der Waals surface area (Å²) in [6, 6.07) is 0. The van der Waals surface area contributed by atoms with Gasteiger partial charge in [0.1, 0.15) is 13.2 Å². The van der Waals surface area contributed by atoms with E-state index in [1.54, 1.807) is 0 Å². The minimum absolute atomic E-state index is 0.0860. The van der Waals surface area contributed by atoms with Crippen molar-refractivity contribution in [2.45, 2.75) is 322 Å². The summed E-state index contributed by atoms with van der Waals surface area (Å²) in [7, 11) is 0. The number of unbranched alkanes of at least 4 members (excludes halogenated alkanes) is 31. The summed E-state index contributed by atoms with van der Waals surface area (Å²) in [5, 5.41) is 0. The van der Waals surface area contributed by atoms with Crippen molar-refractivity contribution in [1.82, 2.24) is 0 Å². The zero-order valence-electron chi connectivity index (χ0n) is 51.9. The molecule has 0 amide bonds. The molecule has 0 aliphatic carbocycles. The molecule has 79 heavy (non-hydrogen) atoms. The molecular weight excluding hydrogens is 973 g/mol. The number of carbonyl (C=O) groups excluding carboxylic acids is 3. The van der Waals surface area contributed by atoms with Crippen molar-refractivity contribution in [2.24, 2.45) is 0 Å². The summed E-state index contributed by atoms with van der Waals surface area (Å²) in [6.07, 6.45) is 91.1. The Morgan fingerprint density at radius 1 is 0.266 bits per heavy atom. The highest BCUT2D eigenvalue weighted by molar-refractivity contribution is 5.71. The molecule has 0 N–H and O–H groups in total.